The Labute approximate surface area is 361 Å². The second-order valence-corrected chi connectivity index (χ2v) is 20.9. The first-order valence-electron chi connectivity index (χ1n) is 19.0. The molecule has 2 atom stereocenters. The van der Waals surface area contributed by atoms with E-state index < -0.39 is 15.8 Å². The van der Waals surface area contributed by atoms with Crippen molar-refractivity contribution in [2.24, 2.45) is 11.5 Å². The molecule has 0 bridgehead atoms. The summed E-state index contributed by atoms with van der Waals surface area (Å²) in [6, 6.07) is 81.1. The van der Waals surface area contributed by atoms with Gasteiger partial charge in [0.05, 0.1) is 11.4 Å². The van der Waals surface area contributed by atoms with Crippen molar-refractivity contribution in [3.05, 3.63) is 242 Å². The van der Waals surface area contributed by atoms with Crippen molar-refractivity contribution in [2.75, 3.05) is 5.32 Å². The fraction of sp³-hybridized carbons (Fsp3) is 0.0400. The van der Waals surface area contributed by atoms with Crippen molar-refractivity contribution < 1.29 is 15.1 Å². The van der Waals surface area contributed by atoms with Crippen molar-refractivity contribution in [1.82, 2.24) is 0 Å². The van der Waals surface area contributed by atoms with Crippen LogP contribution in [0.2, 0.25) is 0 Å². The summed E-state index contributed by atoms with van der Waals surface area (Å²) < 4.78 is 0. The van der Waals surface area contributed by atoms with Crippen molar-refractivity contribution in [1.29, 1.82) is 0 Å². The van der Waals surface area contributed by atoms with E-state index in [0.717, 1.165) is 11.1 Å². The number of hydrogen-bond donors (Lipinski definition) is 3. The molecule has 0 radical (unpaired) electrons. The summed E-state index contributed by atoms with van der Waals surface area (Å²) in [4.78, 5) is 0. The third-order valence-corrected chi connectivity index (χ3v) is 15.3. The summed E-state index contributed by atoms with van der Waals surface area (Å²) in [5.74, 6) is 0. The third kappa shape index (κ3) is 11.8. The van der Waals surface area contributed by atoms with E-state index in [1.54, 1.807) is 0 Å². The molecule has 8 aromatic carbocycles. The van der Waals surface area contributed by atoms with Gasteiger partial charge >= 0.3 is 34.5 Å². The predicted molar refractivity (Wildman–Crippen MR) is 255 cm³/mol. The summed E-state index contributed by atoms with van der Waals surface area (Å²) in [5.41, 5.74) is 16.8. The minimum atomic E-state index is -1.22. The summed E-state index contributed by atoms with van der Waals surface area (Å²) in [6.07, 6.45) is 0. The molecule has 0 aliphatic carbocycles. The van der Waals surface area contributed by atoms with E-state index in [0.29, 0.717) is 0 Å². The van der Waals surface area contributed by atoms with Crippen LogP contribution >= 0.6 is 35.2 Å². The van der Waals surface area contributed by atoms with Crippen LogP contribution in [0.5, 0.6) is 0 Å². The summed E-state index contributed by atoms with van der Waals surface area (Å²) in [5, 5.41) is 12.2. The minimum absolute atomic E-state index is 0.163. The summed E-state index contributed by atoms with van der Waals surface area (Å²) in [6.45, 7) is 0. The summed E-state index contributed by atoms with van der Waals surface area (Å²) in [7, 11) is 7.28. The first kappa shape index (κ1) is 43.1. The number of halogens is 2. The van der Waals surface area contributed by atoms with E-state index >= 15 is 0 Å². The Hall–Kier alpha value is -4.46. The molecule has 0 saturated carbocycles. The van der Waals surface area contributed by atoms with Crippen LogP contribution in [0.1, 0.15) is 23.2 Å². The molecule has 8 heteroatoms. The minimum Gasteiger partial charge on any atom is -0.349 e. The average Bonchev–Trinajstić information content (AvgIpc) is 3.30. The zero-order valence-electron chi connectivity index (χ0n) is 31.9. The number of anilines is 2. The van der Waals surface area contributed by atoms with E-state index in [2.05, 4.69) is 175 Å². The van der Waals surface area contributed by atoms with Crippen LogP contribution in [0.25, 0.3) is 0 Å². The van der Waals surface area contributed by atoms with Crippen LogP contribution in [0, 0.1) is 0 Å². The maximum absolute atomic E-state index is 6.15. The number of para-hydroxylation sites is 2. The van der Waals surface area contributed by atoms with Crippen LogP contribution in [0.3, 0.4) is 0 Å². The zero-order chi connectivity index (χ0) is 40.4. The first-order chi connectivity index (χ1) is 28.6. The van der Waals surface area contributed by atoms with E-state index in [1.807, 2.05) is 60.7 Å². The first-order valence-corrected chi connectivity index (χ1v) is 26.4. The fourth-order valence-corrected chi connectivity index (χ4v) is 12.3. The number of rotatable bonds is 11. The molecule has 0 heterocycles. The molecule has 290 valence electrons. The maximum Gasteiger partial charge on any atom is 0.125 e. The fourth-order valence-electron chi connectivity index (χ4n) is 6.91. The zero-order valence-corrected chi connectivity index (χ0v) is 37.1. The van der Waals surface area contributed by atoms with Gasteiger partial charge in [-0.2, -0.15) is 0 Å². The van der Waals surface area contributed by atoms with E-state index in [4.69, 9.17) is 30.8 Å². The van der Waals surface area contributed by atoms with Gasteiger partial charge in [0.1, 0.15) is 47.7 Å². The van der Waals surface area contributed by atoms with Crippen LogP contribution in [-0.2, 0) is 15.1 Å². The monoisotopic (exact) mass is 923 g/mol. The van der Waals surface area contributed by atoms with Gasteiger partial charge in [0.15, 0.2) is 0 Å². The van der Waals surface area contributed by atoms with Crippen molar-refractivity contribution >= 4 is 78.4 Å². The molecule has 0 amide bonds. The van der Waals surface area contributed by atoms with E-state index in [-0.39, 0.29) is 27.2 Å². The Morgan fingerprint density at radius 1 is 0.345 bits per heavy atom. The number of benzene rings is 8. The Morgan fingerprint density at radius 3 is 0.845 bits per heavy atom. The van der Waals surface area contributed by atoms with E-state index in [1.165, 1.54) is 43.2 Å². The van der Waals surface area contributed by atoms with Gasteiger partial charge in [0.25, 0.3) is 0 Å². The van der Waals surface area contributed by atoms with Gasteiger partial charge in [0, 0.05) is 12.1 Å². The molecule has 0 saturated heterocycles. The maximum atomic E-state index is 6.15. The van der Waals surface area contributed by atoms with Crippen molar-refractivity contribution in [3.8, 4) is 0 Å². The van der Waals surface area contributed by atoms with Crippen LogP contribution in [-0.4, -0.2) is 0 Å². The van der Waals surface area contributed by atoms with Gasteiger partial charge < -0.3 is 16.8 Å². The quantitative estimate of drug-likeness (QED) is 0.0895. The van der Waals surface area contributed by atoms with Gasteiger partial charge in [0.2, 0.25) is 0 Å². The molecule has 0 spiro atoms. The Bertz CT molecular complexity index is 2120. The van der Waals surface area contributed by atoms with Gasteiger partial charge in [-0.3, -0.25) is 0 Å². The number of nitrogens with two attached hydrogens (primary N) is 2. The second kappa shape index (κ2) is 23.2. The van der Waals surface area contributed by atoms with Crippen molar-refractivity contribution in [2.45, 2.75) is 12.1 Å². The third-order valence-electron chi connectivity index (χ3n) is 9.67. The van der Waals surface area contributed by atoms with Crippen LogP contribution < -0.4 is 48.6 Å². The number of hydrogen-bond acceptors (Lipinski definition) is 3. The summed E-state index contributed by atoms with van der Waals surface area (Å²) >= 11 is -0.346. The Balaban J connectivity index is 0.000000248. The molecular formula is C50H47Cl2N3P2Ru+4. The molecule has 0 aliphatic heterocycles. The Morgan fingerprint density at radius 2 is 0.569 bits per heavy atom. The average molecular weight is 924 g/mol. The van der Waals surface area contributed by atoms with E-state index in [9.17, 15) is 0 Å². The van der Waals surface area contributed by atoms with Gasteiger partial charge in [-0.25, -0.2) is 0 Å². The molecule has 58 heavy (non-hydrogen) atoms. The molecule has 0 aromatic heterocycles. The van der Waals surface area contributed by atoms with Gasteiger partial charge in [-0.1, -0.05) is 158 Å². The normalized spacial score (nSPS) is 11.7. The molecule has 2 unspecified atom stereocenters. The molecule has 8 rings (SSSR count). The molecule has 5 N–H and O–H groups in total. The largest absolute Gasteiger partial charge is 0.349 e. The Kier molecular flexibility index (Phi) is 17.3. The second-order valence-electron chi connectivity index (χ2n) is 13.4. The SMILES string of the molecule is NC(c1ccccc1)C(N)c1ccccc1.[Cl][Ru+2][Cl].c1ccc([PH+](c2ccccc2)c2ccccc2Nc2ccccc2[PH+](c2ccccc2)c2ccccc2)cc1. The van der Waals surface area contributed by atoms with Crippen LogP contribution in [0.4, 0.5) is 11.4 Å². The topological polar surface area (TPSA) is 64.1 Å². The van der Waals surface area contributed by atoms with Crippen LogP contribution in [0.15, 0.2) is 231 Å². The number of nitrogens with one attached hydrogen (secondary N) is 1. The standard InChI is InChI=1S/C36H29NP2.C14H16N2.2ClH.Ru/c1-5-17-29(18-6-1)38(30-19-7-2-8-20-30)35-27-15-13-25-33(35)37-34-26-14-16-28-36(34)39(31-21-9-3-10-22-31)32-23-11-4-12-24-32;15-13(11-7-3-1-4-8-11)14(16)12-9-5-2-6-10-12;;;/h1-28,37H;1-10,13-14H,15-16H2;2*1H;/q;;;;+4. The molecule has 8 aromatic rings. The van der Waals surface area contributed by atoms with Crippen molar-refractivity contribution in [3.63, 3.8) is 0 Å². The molecule has 3 nitrogen and oxygen atoms in total. The van der Waals surface area contributed by atoms with Gasteiger partial charge in [-0.05, 0) is 83.9 Å². The molecule has 0 aliphatic rings. The molecular weight excluding hydrogens is 876 g/mol. The smallest absolute Gasteiger partial charge is 0.125 e. The van der Waals surface area contributed by atoms with Gasteiger partial charge in [-0.15, -0.1) is 0 Å². The molecule has 0 fully saturated rings. The predicted octanol–water partition coefficient (Wildman–Crippen LogP) is 10.2.